The Hall–Kier alpha value is -6.93. The molecule has 84 heavy (non-hydrogen) atoms. The van der Waals surface area contributed by atoms with Crippen LogP contribution in [-0.2, 0) is 29.5 Å². The van der Waals surface area contributed by atoms with E-state index in [0.717, 1.165) is 47.8 Å². The number of ether oxygens (including phenoxy) is 1. The van der Waals surface area contributed by atoms with Gasteiger partial charge in [0.15, 0.2) is 0 Å². The second-order valence-electron chi connectivity index (χ2n) is 16.8. The number of hydrogen-bond acceptors (Lipinski definition) is 17. The molecule has 0 heterocycles. The van der Waals surface area contributed by atoms with Crippen LogP contribution in [0.2, 0.25) is 0 Å². The van der Waals surface area contributed by atoms with Crippen molar-refractivity contribution in [2.24, 2.45) is 11.5 Å². The fourth-order valence-corrected chi connectivity index (χ4v) is 6.26. The molecule has 6 aromatic rings. The number of nitrogens with two attached hydrogens (primary N) is 2. The maximum absolute atomic E-state index is 12.0. The van der Waals surface area contributed by atoms with E-state index in [4.69, 9.17) is 26.8 Å². The van der Waals surface area contributed by atoms with Gasteiger partial charge in [-0.3, -0.25) is 19.2 Å². The Morgan fingerprint density at radius 1 is 0.488 bits per heavy atom. The maximum Gasteiger partial charge on any atom is 0.337 e. The molecule has 0 saturated heterocycles. The number of esters is 1. The van der Waals surface area contributed by atoms with Crippen LogP contribution < -0.4 is 36.9 Å². The smallest absolute Gasteiger partial charge is 0.337 e. The molecule has 0 atom stereocenters. The minimum absolute atomic E-state index is 0. The molecule has 6 rings (SSSR count). The minimum atomic E-state index is -4.85. The monoisotopic (exact) mass is 1600 g/mol. The van der Waals surface area contributed by atoms with E-state index in [9.17, 15) is 52.0 Å². The summed E-state index contributed by atoms with van der Waals surface area (Å²) in [7, 11) is -3.53. The molecule has 25 heteroatoms. The number of phenolic OH excluding ortho intramolecular Hbond substituents is 4. The summed E-state index contributed by atoms with van der Waals surface area (Å²) in [4.78, 5) is 68.2. The summed E-state index contributed by atoms with van der Waals surface area (Å²) in [5, 5.41) is 55.3. The Balaban J connectivity index is 0.00000112. The molecule has 0 aliphatic rings. The van der Waals surface area contributed by atoms with Gasteiger partial charge in [-0.1, -0.05) is 54.1 Å². The summed E-state index contributed by atoms with van der Waals surface area (Å²) < 4.78 is 40.1. The molecular formula is C59H67Ac2N6O16S-. The molecule has 0 unspecified atom stereocenters. The van der Waals surface area contributed by atoms with Crippen molar-refractivity contribution < 1.29 is 164 Å². The number of benzene rings is 6. The first-order chi connectivity index (χ1) is 39.1. The van der Waals surface area contributed by atoms with E-state index in [1.54, 1.807) is 60.7 Å². The average Bonchev–Trinajstić information content (AvgIpc) is 3.59. The molecule has 0 bridgehead atoms. The number of amides is 4. The van der Waals surface area contributed by atoms with E-state index in [1.807, 2.05) is 31.2 Å². The van der Waals surface area contributed by atoms with Crippen LogP contribution in [-0.4, -0.2) is 120 Å². The average molecular weight is 1600 g/mol. The quantitative estimate of drug-likeness (QED) is 0.0133. The molecule has 0 aliphatic heterocycles. The Kier molecular flexibility index (Phi) is 40.9. The van der Waals surface area contributed by atoms with Crippen LogP contribution in [0.25, 0.3) is 18.2 Å². The molecule has 0 aromatic heterocycles. The van der Waals surface area contributed by atoms with Gasteiger partial charge in [0.25, 0.3) is 22.2 Å². The summed E-state index contributed by atoms with van der Waals surface area (Å²) in [5.41, 5.74) is 14.9. The van der Waals surface area contributed by atoms with Crippen molar-refractivity contribution in [3.63, 3.8) is 0 Å². The largest absolute Gasteiger partial charge is 0.716 e. The Morgan fingerprint density at radius 2 is 0.810 bits per heavy atom. The second kappa shape index (κ2) is 44.6. The zero-order valence-electron chi connectivity index (χ0n) is 46.1. The van der Waals surface area contributed by atoms with Crippen molar-refractivity contribution in [1.82, 2.24) is 21.3 Å². The standard InChI is InChI=1S/C20H22N2O6S.C19H20N2O4.C9H8O3.C8H8O3.C3H10N2.2Ac/c1-15-3-5-16(6-4-15)7-12-19(23)21-13-2-14-22-20(24)17-8-10-18(11-9-17)28-29(25,26)27;22-16-7-2-14(3-8-16)4-11-18(24)20-12-1-13-21-19(25)15-5-9-17(23)10-6-15;10-8-4-1-7(2-5-8)3-6-9(11)12;1-11-8(10)6-2-4-7(9)5-3-6;4-2-1-3-5;;/h3-12H,2,13-14H2,1H3,(H,21,23)(H,22,24)(H,25,26,27);2-11,22-23H,1,12-13H2,(H,20,24)(H,21,25);1-6,10H,(H,11,12);2-5,9H,1H3;1-5H2;;/p-1/b12-7+;11-4+;6-3+;;;;. The number of hydrogen-bond donors (Lipinski definition) is 11. The minimum Gasteiger partial charge on any atom is -0.716 e. The summed E-state index contributed by atoms with van der Waals surface area (Å²) >= 11 is 0. The molecule has 4 amide bonds. The summed E-state index contributed by atoms with van der Waals surface area (Å²) in [6.45, 7) is 5.03. The number of carbonyl (C=O) groups excluding carboxylic acids is 5. The van der Waals surface area contributed by atoms with Gasteiger partial charge in [0.05, 0.1) is 12.7 Å². The Morgan fingerprint density at radius 3 is 1.14 bits per heavy atom. The predicted octanol–water partition coefficient (Wildman–Crippen LogP) is 5.79. The summed E-state index contributed by atoms with van der Waals surface area (Å²) in [6, 6.07) is 37.5. The zero-order valence-corrected chi connectivity index (χ0v) is 56.4. The third kappa shape index (κ3) is 37.3. The van der Waals surface area contributed by atoms with E-state index >= 15 is 0 Å². The Labute approximate surface area is 559 Å². The Bertz CT molecular complexity index is 3110. The van der Waals surface area contributed by atoms with Crippen molar-refractivity contribution in [1.29, 1.82) is 0 Å². The molecule has 13 N–H and O–H groups in total. The molecule has 6 aromatic carbocycles. The van der Waals surface area contributed by atoms with Gasteiger partial charge in [0.1, 0.15) is 28.7 Å². The number of aromatic hydroxyl groups is 4. The molecule has 22 nitrogen and oxygen atoms in total. The fraction of sp³-hybridized carbons (Fsp3) is 0.186. The van der Waals surface area contributed by atoms with Crippen LogP contribution in [0.3, 0.4) is 0 Å². The van der Waals surface area contributed by atoms with Gasteiger partial charge in [0, 0.05) is 144 Å². The van der Waals surface area contributed by atoms with Crippen molar-refractivity contribution in [3.05, 3.63) is 203 Å². The van der Waals surface area contributed by atoms with Crippen LogP contribution in [0.4, 0.5) is 0 Å². The van der Waals surface area contributed by atoms with Crippen molar-refractivity contribution in [2.75, 3.05) is 46.4 Å². The normalized spacial score (nSPS) is 10.2. The van der Waals surface area contributed by atoms with Gasteiger partial charge in [-0.05, 0) is 171 Å². The molecule has 0 spiro atoms. The van der Waals surface area contributed by atoms with Crippen LogP contribution >= 0.6 is 0 Å². The SMILES string of the molecule is COC(=O)c1ccc(O)cc1.Cc1ccc(/C=C/C(=O)NCCCNC(=O)c2ccc(OS(=O)(=O)[O-])cc2)cc1.NCCCN.O=C(/C=C/c1ccc(O)cc1)NCCCNC(=O)c1ccc(O)cc1.O=C(O)/C=C/c1ccc(O)cc1.[Ac].[Ac]. The van der Waals surface area contributed by atoms with Gasteiger partial charge >= 0.3 is 11.9 Å². The predicted molar refractivity (Wildman–Crippen MR) is 309 cm³/mol. The van der Waals surface area contributed by atoms with Gasteiger partial charge in [-0.2, -0.15) is 0 Å². The number of carbonyl (C=O) groups is 6. The summed E-state index contributed by atoms with van der Waals surface area (Å²) in [6.07, 6.45) is 10.8. The first-order valence-corrected chi connectivity index (χ1v) is 26.3. The number of aliphatic carboxylic acids is 1. The van der Waals surface area contributed by atoms with Gasteiger partial charge < -0.3 is 71.7 Å². The number of phenols is 4. The van der Waals surface area contributed by atoms with Crippen LogP contribution in [0, 0.1) is 95.0 Å². The fourth-order valence-electron chi connectivity index (χ4n) is 5.91. The zero-order chi connectivity index (χ0) is 60.7. The van der Waals surface area contributed by atoms with E-state index in [1.165, 1.54) is 98.1 Å². The second-order valence-corrected chi connectivity index (χ2v) is 17.7. The van der Waals surface area contributed by atoms with Gasteiger partial charge in [0.2, 0.25) is 11.8 Å². The molecular weight excluding hydrogens is 1530 g/mol. The number of carboxylic acids is 1. The van der Waals surface area contributed by atoms with Gasteiger partial charge in [-0.25, -0.2) is 18.0 Å². The van der Waals surface area contributed by atoms with Crippen LogP contribution in [0.15, 0.2) is 164 Å². The van der Waals surface area contributed by atoms with Gasteiger partial charge in [-0.15, -0.1) is 0 Å². The molecule has 0 saturated carbocycles. The first-order valence-electron chi connectivity index (χ1n) is 25.0. The van der Waals surface area contributed by atoms with Crippen LogP contribution in [0.5, 0.6) is 28.7 Å². The van der Waals surface area contributed by atoms with E-state index in [2.05, 4.69) is 30.2 Å². The van der Waals surface area contributed by atoms with E-state index in [-0.39, 0.29) is 146 Å². The number of carboxylic acid groups (broad SMARTS) is 1. The topological polar surface area (TPSA) is 379 Å². The number of aryl methyl sites for hydroxylation is 1. The van der Waals surface area contributed by atoms with Crippen molar-refractivity contribution >= 4 is 64.2 Å². The van der Waals surface area contributed by atoms with Crippen molar-refractivity contribution in [2.45, 2.75) is 26.2 Å². The maximum atomic E-state index is 12.0. The first kappa shape index (κ1) is 77.1. The van der Waals surface area contributed by atoms with Crippen LogP contribution in [0.1, 0.15) is 72.6 Å². The number of methoxy groups -OCH3 is 1. The molecule has 442 valence electrons. The number of nitrogens with one attached hydrogen (secondary N) is 4. The van der Waals surface area contributed by atoms with E-state index < -0.39 is 22.3 Å². The molecule has 0 fully saturated rings. The van der Waals surface area contributed by atoms with E-state index in [0.29, 0.717) is 50.1 Å². The third-order valence-electron chi connectivity index (χ3n) is 10.2. The van der Waals surface area contributed by atoms with Crippen molar-refractivity contribution in [3.8, 4) is 28.7 Å². The summed E-state index contributed by atoms with van der Waals surface area (Å²) in [5.74, 6) is -1.99. The third-order valence-corrected chi connectivity index (χ3v) is 10.6. The molecule has 2 radical (unpaired) electrons. The molecule has 0 aliphatic carbocycles. The number of rotatable bonds is 21.